The summed E-state index contributed by atoms with van der Waals surface area (Å²) in [6.07, 6.45) is 1.60. The molecule has 1 heterocycles. The van der Waals surface area contributed by atoms with Gasteiger partial charge in [-0.1, -0.05) is 34.8 Å². The third-order valence-corrected chi connectivity index (χ3v) is 4.69. The summed E-state index contributed by atoms with van der Waals surface area (Å²) >= 11 is 18.3. The summed E-state index contributed by atoms with van der Waals surface area (Å²) in [6.45, 7) is 0. The predicted octanol–water partition coefficient (Wildman–Crippen LogP) is 4.95. The van der Waals surface area contributed by atoms with Crippen LogP contribution in [0.15, 0.2) is 48.7 Å². The van der Waals surface area contributed by atoms with Crippen molar-refractivity contribution in [2.45, 2.75) is 0 Å². The van der Waals surface area contributed by atoms with Crippen LogP contribution in [0.1, 0.15) is 10.4 Å². The van der Waals surface area contributed by atoms with E-state index in [0.717, 1.165) is 0 Å². The summed E-state index contributed by atoms with van der Waals surface area (Å²) < 4.78 is 0. The Morgan fingerprint density at radius 3 is 2.36 bits per heavy atom. The lowest BCUT2D eigenvalue weighted by molar-refractivity contribution is 0.100. The monoisotopic (exact) mass is 392 g/mol. The minimum absolute atomic E-state index is 0.274. The summed E-state index contributed by atoms with van der Waals surface area (Å²) in [5, 5.41) is 4.02. The van der Waals surface area contributed by atoms with Crippen molar-refractivity contribution < 1.29 is 4.79 Å². The molecule has 0 aliphatic heterocycles. The van der Waals surface area contributed by atoms with Gasteiger partial charge in [-0.15, -0.1) is 0 Å². The van der Waals surface area contributed by atoms with Crippen LogP contribution in [-0.4, -0.2) is 15.9 Å². The van der Waals surface area contributed by atoms with E-state index in [2.05, 4.69) is 15.3 Å². The lowest BCUT2D eigenvalue weighted by Crippen LogP contribution is -2.10. The summed E-state index contributed by atoms with van der Waals surface area (Å²) in [5.41, 5.74) is 7.59. The predicted molar refractivity (Wildman–Crippen MR) is 101 cm³/mol. The first-order valence-corrected chi connectivity index (χ1v) is 8.23. The number of rotatable bonds is 4. The van der Waals surface area contributed by atoms with Gasteiger partial charge < -0.3 is 11.1 Å². The van der Waals surface area contributed by atoms with Crippen LogP contribution in [-0.2, 0) is 0 Å². The van der Waals surface area contributed by atoms with Gasteiger partial charge in [-0.05, 0) is 42.5 Å². The quantitative estimate of drug-likeness (QED) is 0.615. The van der Waals surface area contributed by atoms with Gasteiger partial charge in [0.05, 0.1) is 20.8 Å². The zero-order chi connectivity index (χ0) is 18.0. The fourth-order valence-corrected chi connectivity index (χ4v) is 2.77. The highest BCUT2D eigenvalue weighted by molar-refractivity contribution is 6.49. The van der Waals surface area contributed by atoms with Gasteiger partial charge >= 0.3 is 0 Å². The van der Waals surface area contributed by atoms with Gasteiger partial charge in [-0.2, -0.15) is 0 Å². The van der Waals surface area contributed by atoms with Gasteiger partial charge in [-0.25, -0.2) is 9.97 Å². The maximum Gasteiger partial charge on any atom is 0.248 e. The Bertz CT molecular complexity index is 945. The number of primary amides is 1. The first kappa shape index (κ1) is 17.5. The first-order valence-electron chi connectivity index (χ1n) is 7.09. The van der Waals surface area contributed by atoms with Crippen molar-refractivity contribution in [1.29, 1.82) is 0 Å². The Labute approximate surface area is 158 Å². The average molecular weight is 394 g/mol. The molecule has 0 atom stereocenters. The first-order chi connectivity index (χ1) is 12.0. The van der Waals surface area contributed by atoms with Crippen molar-refractivity contribution >= 4 is 52.3 Å². The number of aromatic nitrogens is 2. The molecule has 0 bridgehead atoms. The second-order valence-corrected chi connectivity index (χ2v) is 6.22. The van der Waals surface area contributed by atoms with Crippen LogP contribution in [0.4, 0.5) is 11.6 Å². The largest absolute Gasteiger partial charge is 0.366 e. The molecule has 25 heavy (non-hydrogen) atoms. The Kier molecular flexibility index (Phi) is 5.08. The minimum atomic E-state index is -0.487. The van der Waals surface area contributed by atoms with E-state index in [1.807, 2.05) is 0 Å². The number of carbonyl (C=O) groups is 1. The van der Waals surface area contributed by atoms with Crippen LogP contribution in [0.5, 0.6) is 0 Å². The molecule has 126 valence electrons. The molecule has 3 aromatic rings. The number of anilines is 2. The number of hydrogen-bond acceptors (Lipinski definition) is 4. The Hall–Kier alpha value is -2.34. The van der Waals surface area contributed by atoms with E-state index >= 15 is 0 Å². The van der Waals surface area contributed by atoms with Crippen LogP contribution >= 0.6 is 34.8 Å². The second kappa shape index (κ2) is 7.27. The molecule has 0 aliphatic carbocycles. The number of amides is 1. The molecule has 8 heteroatoms. The standard InChI is InChI=1S/C17H11Cl3N4O/c18-12-6-5-11(14(19)15(12)20)13-7-8-22-17(24-13)23-10-3-1-9(2-4-10)16(21)25/h1-8H,(H2,21,25)(H,22,23,24). The van der Waals surface area contributed by atoms with E-state index < -0.39 is 5.91 Å². The van der Waals surface area contributed by atoms with E-state index in [9.17, 15) is 4.79 Å². The SMILES string of the molecule is NC(=O)c1ccc(Nc2nccc(-c3ccc(Cl)c(Cl)c3Cl)n2)cc1. The van der Waals surface area contributed by atoms with Gasteiger partial charge in [0.2, 0.25) is 11.9 Å². The Balaban J connectivity index is 1.89. The topological polar surface area (TPSA) is 80.9 Å². The summed E-state index contributed by atoms with van der Waals surface area (Å²) in [5.74, 6) is -0.120. The molecule has 1 amide bonds. The lowest BCUT2D eigenvalue weighted by atomic mass is 10.1. The van der Waals surface area contributed by atoms with Crippen molar-refractivity contribution in [3.63, 3.8) is 0 Å². The van der Waals surface area contributed by atoms with Crippen LogP contribution in [0, 0.1) is 0 Å². The maximum atomic E-state index is 11.1. The molecular formula is C17H11Cl3N4O. The fraction of sp³-hybridized carbons (Fsp3) is 0. The zero-order valence-electron chi connectivity index (χ0n) is 12.6. The van der Waals surface area contributed by atoms with Crippen molar-refractivity contribution in [3.05, 3.63) is 69.3 Å². The Morgan fingerprint density at radius 2 is 1.68 bits per heavy atom. The van der Waals surface area contributed by atoms with Crippen molar-refractivity contribution in [2.75, 3.05) is 5.32 Å². The number of hydrogen-bond donors (Lipinski definition) is 2. The number of benzene rings is 2. The van der Waals surface area contributed by atoms with Crippen molar-refractivity contribution in [3.8, 4) is 11.3 Å². The minimum Gasteiger partial charge on any atom is -0.366 e. The van der Waals surface area contributed by atoms with E-state index in [1.165, 1.54) is 0 Å². The smallest absolute Gasteiger partial charge is 0.248 e. The van der Waals surface area contributed by atoms with Crippen LogP contribution in [0.3, 0.4) is 0 Å². The van der Waals surface area contributed by atoms with Crippen molar-refractivity contribution in [2.24, 2.45) is 5.73 Å². The van der Waals surface area contributed by atoms with Gasteiger partial charge in [-0.3, -0.25) is 4.79 Å². The molecule has 0 radical (unpaired) electrons. The molecule has 0 saturated heterocycles. The molecule has 3 rings (SSSR count). The van der Waals surface area contributed by atoms with E-state index in [4.69, 9.17) is 40.5 Å². The molecule has 1 aromatic heterocycles. The number of nitrogens with two attached hydrogens (primary N) is 1. The molecule has 2 aromatic carbocycles. The average Bonchev–Trinajstić information content (AvgIpc) is 2.60. The summed E-state index contributed by atoms with van der Waals surface area (Å²) in [4.78, 5) is 19.7. The number of halogens is 3. The highest BCUT2D eigenvalue weighted by atomic mass is 35.5. The molecule has 0 aliphatic rings. The summed E-state index contributed by atoms with van der Waals surface area (Å²) in [6, 6.07) is 11.8. The highest BCUT2D eigenvalue weighted by Crippen LogP contribution is 2.37. The van der Waals surface area contributed by atoms with Crippen LogP contribution in [0.25, 0.3) is 11.3 Å². The zero-order valence-corrected chi connectivity index (χ0v) is 14.9. The van der Waals surface area contributed by atoms with Gasteiger partial charge in [0.15, 0.2) is 0 Å². The molecule has 0 fully saturated rings. The highest BCUT2D eigenvalue weighted by Gasteiger charge is 2.12. The molecule has 0 saturated carbocycles. The molecule has 0 spiro atoms. The van der Waals surface area contributed by atoms with Gasteiger partial charge in [0, 0.05) is 23.0 Å². The molecule has 3 N–H and O–H groups in total. The molecule has 0 unspecified atom stereocenters. The maximum absolute atomic E-state index is 11.1. The molecule has 5 nitrogen and oxygen atoms in total. The van der Waals surface area contributed by atoms with E-state index in [0.29, 0.717) is 38.5 Å². The van der Waals surface area contributed by atoms with E-state index in [-0.39, 0.29) is 5.02 Å². The Morgan fingerprint density at radius 1 is 0.960 bits per heavy atom. The molecular weight excluding hydrogens is 383 g/mol. The number of nitrogens with zero attached hydrogens (tertiary/aromatic N) is 2. The van der Waals surface area contributed by atoms with Crippen molar-refractivity contribution in [1.82, 2.24) is 9.97 Å². The fourth-order valence-electron chi connectivity index (χ4n) is 2.14. The summed E-state index contributed by atoms with van der Waals surface area (Å²) in [7, 11) is 0. The number of nitrogens with one attached hydrogen (secondary N) is 1. The van der Waals surface area contributed by atoms with Gasteiger partial charge in [0.1, 0.15) is 0 Å². The van der Waals surface area contributed by atoms with Gasteiger partial charge in [0.25, 0.3) is 0 Å². The lowest BCUT2D eigenvalue weighted by Gasteiger charge is -2.09. The third-order valence-electron chi connectivity index (χ3n) is 3.39. The van der Waals surface area contributed by atoms with Crippen LogP contribution < -0.4 is 11.1 Å². The van der Waals surface area contributed by atoms with Crippen LogP contribution in [0.2, 0.25) is 15.1 Å². The third kappa shape index (κ3) is 3.85. The second-order valence-electron chi connectivity index (χ2n) is 5.05. The van der Waals surface area contributed by atoms with E-state index in [1.54, 1.807) is 48.7 Å². The number of carbonyl (C=O) groups excluding carboxylic acids is 1. The normalized spacial score (nSPS) is 10.5.